The third-order valence-corrected chi connectivity index (χ3v) is 4.61. The van der Waals surface area contributed by atoms with Crippen molar-refractivity contribution in [2.45, 2.75) is 12.8 Å². The highest BCUT2D eigenvalue weighted by atomic mass is 16.5. The number of ether oxygens (including phenoxy) is 1. The molecule has 0 unspecified atom stereocenters. The minimum Gasteiger partial charge on any atom is -0.497 e. The molecule has 2 fully saturated rings. The van der Waals surface area contributed by atoms with Gasteiger partial charge in [-0.05, 0) is 25.0 Å². The van der Waals surface area contributed by atoms with Gasteiger partial charge in [0, 0.05) is 51.0 Å². The summed E-state index contributed by atoms with van der Waals surface area (Å²) < 4.78 is 5.29. The van der Waals surface area contributed by atoms with Gasteiger partial charge in [-0.25, -0.2) is 0 Å². The minimum absolute atomic E-state index is 0.298. The molecule has 2 heterocycles. The maximum absolute atomic E-state index is 12.2. The van der Waals surface area contributed by atoms with E-state index < -0.39 is 0 Å². The van der Waals surface area contributed by atoms with Crippen molar-refractivity contribution in [2.75, 3.05) is 57.8 Å². The Bertz CT molecular complexity index is 506. The molecule has 5 heteroatoms. The smallest absolute Gasteiger partial charge is 0.236 e. The van der Waals surface area contributed by atoms with Gasteiger partial charge in [0.25, 0.3) is 0 Å². The first kappa shape index (κ1) is 15.2. The van der Waals surface area contributed by atoms with Gasteiger partial charge in [-0.3, -0.25) is 9.69 Å². The first-order chi connectivity index (χ1) is 10.8. The summed E-state index contributed by atoms with van der Waals surface area (Å²) in [4.78, 5) is 18.8. The van der Waals surface area contributed by atoms with Crippen LogP contribution in [0.15, 0.2) is 24.3 Å². The van der Waals surface area contributed by atoms with Crippen LogP contribution in [0.3, 0.4) is 0 Å². The van der Waals surface area contributed by atoms with Gasteiger partial charge in [-0.1, -0.05) is 6.07 Å². The Kier molecular flexibility index (Phi) is 4.83. The summed E-state index contributed by atoms with van der Waals surface area (Å²) in [7, 11) is 1.70. The molecular formula is C17H25N3O2. The number of methoxy groups -OCH3 is 1. The zero-order chi connectivity index (χ0) is 15.4. The van der Waals surface area contributed by atoms with E-state index in [9.17, 15) is 4.79 Å². The molecule has 1 aromatic carbocycles. The lowest BCUT2D eigenvalue weighted by molar-refractivity contribution is -0.131. The topological polar surface area (TPSA) is 36.0 Å². The number of benzene rings is 1. The van der Waals surface area contributed by atoms with E-state index in [1.54, 1.807) is 7.11 Å². The molecule has 1 amide bonds. The molecule has 2 saturated heterocycles. The first-order valence-corrected chi connectivity index (χ1v) is 8.15. The molecule has 2 aliphatic rings. The normalized spacial score (nSPS) is 19.5. The van der Waals surface area contributed by atoms with Crippen molar-refractivity contribution in [1.82, 2.24) is 9.80 Å². The minimum atomic E-state index is 0.298. The van der Waals surface area contributed by atoms with Crippen LogP contribution in [-0.2, 0) is 4.79 Å². The van der Waals surface area contributed by atoms with Crippen LogP contribution in [0, 0.1) is 0 Å². The summed E-state index contributed by atoms with van der Waals surface area (Å²) in [6.45, 7) is 6.27. The lowest BCUT2D eigenvalue weighted by Gasteiger charge is -2.36. The summed E-state index contributed by atoms with van der Waals surface area (Å²) in [5, 5.41) is 0. The molecule has 0 N–H and O–H groups in total. The average molecular weight is 303 g/mol. The number of piperazine rings is 1. The van der Waals surface area contributed by atoms with Gasteiger partial charge in [0.15, 0.2) is 0 Å². The number of hydrogen-bond acceptors (Lipinski definition) is 4. The molecule has 0 radical (unpaired) electrons. The van der Waals surface area contributed by atoms with Gasteiger partial charge in [-0.15, -0.1) is 0 Å². The second-order valence-corrected chi connectivity index (χ2v) is 6.05. The van der Waals surface area contributed by atoms with Gasteiger partial charge < -0.3 is 14.5 Å². The Morgan fingerprint density at radius 1 is 1.09 bits per heavy atom. The SMILES string of the molecule is COc1cccc(N2CCN(CC(=O)N3CCCC3)CC2)c1. The molecule has 0 atom stereocenters. The third kappa shape index (κ3) is 3.53. The Morgan fingerprint density at radius 2 is 1.82 bits per heavy atom. The van der Waals surface area contributed by atoms with Crippen LogP contribution < -0.4 is 9.64 Å². The lowest BCUT2D eigenvalue weighted by Crippen LogP contribution is -2.49. The molecule has 22 heavy (non-hydrogen) atoms. The fourth-order valence-electron chi connectivity index (χ4n) is 3.23. The number of nitrogens with zero attached hydrogens (tertiary/aromatic N) is 3. The summed E-state index contributed by atoms with van der Waals surface area (Å²) in [5.41, 5.74) is 1.20. The van der Waals surface area contributed by atoms with Gasteiger partial charge in [0.1, 0.15) is 5.75 Å². The van der Waals surface area contributed by atoms with Crippen molar-refractivity contribution in [3.8, 4) is 5.75 Å². The maximum Gasteiger partial charge on any atom is 0.236 e. The van der Waals surface area contributed by atoms with E-state index in [2.05, 4.69) is 21.9 Å². The molecule has 0 aromatic heterocycles. The Balaban J connectivity index is 1.50. The average Bonchev–Trinajstić information content (AvgIpc) is 3.10. The molecule has 1 aromatic rings. The van der Waals surface area contributed by atoms with Gasteiger partial charge in [0.05, 0.1) is 13.7 Å². The standard InChI is InChI=1S/C17H25N3O2/c1-22-16-6-4-5-15(13-16)19-11-9-18(10-12-19)14-17(21)20-7-2-3-8-20/h4-6,13H,2-3,7-12,14H2,1H3. The van der Waals surface area contributed by atoms with E-state index in [4.69, 9.17) is 4.74 Å². The maximum atomic E-state index is 12.2. The molecule has 0 aliphatic carbocycles. The van der Waals surface area contributed by atoms with Crippen LogP contribution in [0.5, 0.6) is 5.75 Å². The molecule has 3 rings (SSSR count). The third-order valence-electron chi connectivity index (χ3n) is 4.61. The largest absolute Gasteiger partial charge is 0.497 e. The summed E-state index contributed by atoms with van der Waals surface area (Å²) in [5.74, 6) is 1.19. The highest BCUT2D eigenvalue weighted by molar-refractivity contribution is 5.78. The fourth-order valence-corrected chi connectivity index (χ4v) is 3.23. The van der Waals surface area contributed by atoms with E-state index in [0.29, 0.717) is 12.5 Å². The highest BCUT2D eigenvalue weighted by Gasteiger charge is 2.23. The zero-order valence-electron chi connectivity index (χ0n) is 13.3. The van der Waals surface area contributed by atoms with E-state index in [1.165, 1.54) is 5.69 Å². The van der Waals surface area contributed by atoms with Crippen LogP contribution in [0.4, 0.5) is 5.69 Å². The molecule has 5 nitrogen and oxygen atoms in total. The van der Waals surface area contributed by atoms with Gasteiger partial charge in [-0.2, -0.15) is 0 Å². The van der Waals surface area contributed by atoms with E-state index >= 15 is 0 Å². The number of hydrogen-bond donors (Lipinski definition) is 0. The summed E-state index contributed by atoms with van der Waals surface area (Å²) >= 11 is 0. The van der Waals surface area contributed by atoms with Crippen LogP contribution in [0.2, 0.25) is 0 Å². The molecule has 0 spiro atoms. The number of anilines is 1. The predicted octanol–water partition coefficient (Wildman–Crippen LogP) is 1.44. The van der Waals surface area contributed by atoms with E-state index in [-0.39, 0.29) is 0 Å². The zero-order valence-corrected chi connectivity index (χ0v) is 13.3. The van der Waals surface area contributed by atoms with Crippen LogP contribution in [0.25, 0.3) is 0 Å². The summed E-state index contributed by atoms with van der Waals surface area (Å²) in [6.07, 6.45) is 2.32. The highest BCUT2D eigenvalue weighted by Crippen LogP contribution is 2.22. The van der Waals surface area contributed by atoms with Crippen molar-refractivity contribution in [3.05, 3.63) is 24.3 Å². The van der Waals surface area contributed by atoms with Crippen molar-refractivity contribution in [3.63, 3.8) is 0 Å². The number of amides is 1. The fraction of sp³-hybridized carbons (Fsp3) is 0.588. The van der Waals surface area contributed by atoms with E-state index in [0.717, 1.165) is 57.9 Å². The van der Waals surface area contributed by atoms with Gasteiger partial charge in [0.2, 0.25) is 5.91 Å². The van der Waals surface area contributed by atoms with Crippen molar-refractivity contribution >= 4 is 11.6 Å². The van der Waals surface area contributed by atoms with Crippen molar-refractivity contribution in [2.24, 2.45) is 0 Å². The Labute approximate surface area is 132 Å². The Morgan fingerprint density at radius 3 is 2.50 bits per heavy atom. The number of likely N-dealkylation sites (tertiary alicyclic amines) is 1. The van der Waals surface area contributed by atoms with Crippen molar-refractivity contribution < 1.29 is 9.53 Å². The second kappa shape index (κ2) is 7.01. The number of carbonyl (C=O) groups is 1. The molecular weight excluding hydrogens is 278 g/mol. The lowest BCUT2D eigenvalue weighted by atomic mass is 10.2. The second-order valence-electron chi connectivity index (χ2n) is 6.05. The quantitative estimate of drug-likeness (QED) is 0.843. The Hall–Kier alpha value is -1.75. The van der Waals surface area contributed by atoms with Crippen LogP contribution in [-0.4, -0.2) is 68.6 Å². The molecule has 0 saturated carbocycles. The van der Waals surface area contributed by atoms with E-state index in [1.807, 2.05) is 17.0 Å². The molecule has 0 bridgehead atoms. The summed E-state index contributed by atoms with van der Waals surface area (Å²) in [6, 6.07) is 8.19. The number of carbonyl (C=O) groups excluding carboxylic acids is 1. The van der Waals surface area contributed by atoms with Gasteiger partial charge >= 0.3 is 0 Å². The van der Waals surface area contributed by atoms with Crippen LogP contribution >= 0.6 is 0 Å². The molecule has 2 aliphatic heterocycles. The first-order valence-electron chi connectivity index (χ1n) is 8.15. The predicted molar refractivity (Wildman–Crippen MR) is 87.5 cm³/mol. The monoisotopic (exact) mass is 303 g/mol. The van der Waals surface area contributed by atoms with Crippen LogP contribution in [0.1, 0.15) is 12.8 Å². The number of rotatable bonds is 4. The van der Waals surface area contributed by atoms with Crippen molar-refractivity contribution in [1.29, 1.82) is 0 Å². The molecule has 120 valence electrons.